The van der Waals surface area contributed by atoms with E-state index < -0.39 is 0 Å². The maximum absolute atomic E-state index is 11.6. The predicted octanol–water partition coefficient (Wildman–Crippen LogP) is 1.97. The summed E-state index contributed by atoms with van der Waals surface area (Å²) in [6, 6.07) is 3.70. The van der Waals surface area contributed by atoms with Gasteiger partial charge >= 0.3 is 0 Å². The topological polar surface area (TPSA) is 63.3 Å². The molecule has 1 rings (SSSR count). The van der Waals surface area contributed by atoms with Gasteiger partial charge in [-0.3, -0.25) is 4.79 Å². The molecule has 0 aliphatic heterocycles. The molecule has 0 bridgehead atoms. The number of carbonyl (C=O) groups excluding carboxylic acids is 1. The van der Waals surface area contributed by atoms with E-state index >= 15 is 0 Å². The summed E-state index contributed by atoms with van der Waals surface area (Å²) in [5.41, 5.74) is 7.27. The van der Waals surface area contributed by atoms with Gasteiger partial charge in [-0.05, 0) is 24.0 Å². The number of hydrogen-bond acceptors (Lipinski definition) is 3. The Morgan fingerprint density at radius 1 is 1.47 bits per heavy atom. The molecular weight excluding hydrogens is 190 g/mol. The highest BCUT2D eigenvalue weighted by molar-refractivity contribution is 6.01. The molecule has 0 aliphatic rings. The molecule has 3 nitrogen and oxygen atoms in total. The quantitative estimate of drug-likeness (QED) is 0.745. The van der Waals surface area contributed by atoms with E-state index in [-0.39, 0.29) is 24.0 Å². The molecule has 0 saturated heterocycles. The predicted molar refractivity (Wildman–Crippen MR) is 60.3 cm³/mol. The third kappa shape index (κ3) is 2.18. The summed E-state index contributed by atoms with van der Waals surface area (Å²) < 4.78 is 0. The van der Waals surface area contributed by atoms with Crippen molar-refractivity contribution in [1.29, 1.82) is 0 Å². The molecule has 0 heterocycles. The zero-order valence-electron chi connectivity index (χ0n) is 9.37. The highest BCUT2D eigenvalue weighted by Gasteiger charge is 2.18. The number of benzene rings is 1. The van der Waals surface area contributed by atoms with Gasteiger partial charge in [-0.25, -0.2) is 0 Å². The van der Waals surface area contributed by atoms with Crippen molar-refractivity contribution in [3.05, 3.63) is 28.8 Å². The van der Waals surface area contributed by atoms with Crippen LogP contribution < -0.4 is 5.73 Å². The van der Waals surface area contributed by atoms with E-state index in [0.29, 0.717) is 11.1 Å². The van der Waals surface area contributed by atoms with Crippen LogP contribution in [-0.2, 0) is 0 Å². The van der Waals surface area contributed by atoms with Crippen LogP contribution in [0.15, 0.2) is 12.1 Å². The Labute approximate surface area is 89.9 Å². The normalized spacial score (nSPS) is 10.7. The van der Waals surface area contributed by atoms with E-state index in [9.17, 15) is 9.90 Å². The lowest BCUT2D eigenvalue weighted by Crippen LogP contribution is -2.16. The minimum absolute atomic E-state index is 0.0663. The minimum atomic E-state index is -0.208. The van der Waals surface area contributed by atoms with Gasteiger partial charge in [0, 0.05) is 0 Å². The molecule has 0 amide bonds. The van der Waals surface area contributed by atoms with Crippen LogP contribution in [0.2, 0.25) is 0 Å². The molecule has 0 fully saturated rings. The maximum atomic E-state index is 11.6. The number of Topliss-reactive ketones (excluding diaryl/α,β-unsaturated/α-hetero) is 1. The van der Waals surface area contributed by atoms with Gasteiger partial charge in [-0.15, -0.1) is 0 Å². The Morgan fingerprint density at radius 3 is 2.53 bits per heavy atom. The first-order valence-electron chi connectivity index (χ1n) is 5.04. The second kappa shape index (κ2) is 4.45. The molecule has 0 spiro atoms. The van der Waals surface area contributed by atoms with E-state index in [4.69, 9.17) is 5.73 Å². The first kappa shape index (κ1) is 11.7. The lowest BCUT2D eigenvalue weighted by atomic mass is 9.92. The van der Waals surface area contributed by atoms with Crippen molar-refractivity contribution in [2.75, 3.05) is 6.54 Å². The van der Waals surface area contributed by atoms with Crippen molar-refractivity contribution in [3.63, 3.8) is 0 Å². The van der Waals surface area contributed by atoms with Gasteiger partial charge in [0.15, 0.2) is 5.78 Å². The van der Waals surface area contributed by atoms with Crippen molar-refractivity contribution in [2.45, 2.75) is 26.7 Å². The minimum Gasteiger partial charge on any atom is -0.507 e. The Hall–Kier alpha value is -1.35. The number of aryl methyl sites for hydroxylation is 1. The van der Waals surface area contributed by atoms with E-state index in [2.05, 4.69) is 0 Å². The van der Waals surface area contributed by atoms with Crippen molar-refractivity contribution < 1.29 is 9.90 Å². The number of ketones is 1. The van der Waals surface area contributed by atoms with Crippen LogP contribution in [0.3, 0.4) is 0 Å². The van der Waals surface area contributed by atoms with E-state index in [0.717, 1.165) is 5.56 Å². The summed E-state index contributed by atoms with van der Waals surface area (Å²) in [4.78, 5) is 11.6. The molecule has 1 aromatic carbocycles. The Bertz CT molecular complexity index is 383. The van der Waals surface area contributed by atoms with E-state index in [1.54, 1.807) is 6.92 Å². The fraction of sp³-hybridized carbons (Fsp3) is 0.417. The first-order valence-corrected chi connectivity index (χ1v) is 5.04. The molecule has 82 valence electrons. The monoisotopic (exact) mass is 207 g/mol. The maximum Gasteiger partial charge on any atom is 0.180 e. The zero-order valence-corrected chi connectivity index (χ0v) is 9.37. The second-order valence-corrected chi connectivity index (χ2v) is 3.98. The average molecular weight is 207 g/mol. The summed E-state index contributed by atoms with van der Waals surface area (Å²) >= 11 is 0. The number of nitrogens with two attached hydrogens (primary N) is 1. The molecule has 0 saturated carbocycles. The van der Waals surface area contributed by atoms with Crippen molar-refractivity contribution >= 4 is 5.78 Å². The van der Waals surface area contributed by atoms with Gasteiger partial charge in [0.25, 0.3) is 0 Å². The number of rotatable bonds is 3. The molecule has 3 N–H and O–H groups in total. The van der Waals surface area contributed by atoms with Crippen molar-refractivity contribution in [2.24, 2.45) is 5.73 Å². The van der Waals surface area contributed by atoms with E-state index in [1.807, 2.05) is 26.0 Å². The molecular formula is C12H17NO2. The second-order valence-electron chi connectivity index (χ2n) is 3.98. The SMILES string of the molecule is Cc1ccc(C(C)C)c(C(=O)CN)c1O. The highest BCUT2D eigenvalue weighted by atomic mass is 16.3. The van der Waals surface area contributed by atoms with Crippen molar-refractivity contribution in [1.82, 2.24) is 0 Å². The van der Waals surface area contributed by atoms with Crippen LogP contribution in [-0.4, -0.2) is 17.4 Å². The molecule has 0 unspecified atom stereocenters. The third-order valence-corrected chi connectivity index (χ3v) is 2.50. The van der Waals surface area contributed by atoms with Gasteiger partial charge in [-0.1, -0.05) is 26.0 Å². The van der Waals surface area contributed by atoms with Gasteiger partial charge in [0.2, 0.25) is 0 Å². The van der Waals surface area contributed by atoms with Crippen LogP contribution in [0, 0.1) is 6.92 Å². The van der Waals surface area contributed by atoms with Crippen LogP contribution in [0.1, 0.15) is 41.3 Å². The molecule has 0 aromatic heterocycles. The summed E-state index contributed by atoms with van der Waals surface area (Å²) in [6.45, 7) is 5.66. The smallest absolute Gasteiger partial charge is 0.180 e. The van der Waals surface area contributed by atoms with Gasteiger partial charge < -0.3 is 10.8 Å². The lowest BCUT2D eigenvalue weighted by molar-refractivity contribution is 0.0997. The van der Waals surface area contributed by atoms with Crippen molar-refractivity contribution in [3.8, 4) is 5.75 Å². The van der Waals surface area contributed by atoms with Crippen LogP contribution in [0.5, 0.6) is 5.75 Å². The largest absolute Gasteiger partial charge is 0.507 e. The molecule has 0 radical (unpaired) electrons. The highest BCUT2D eigenvalue weighted by Crippen LogP contribution is 2.30. The summed E-state index contributed by atoms with van der Waals surface area (Å²) in [6.07, 6.45) is 0. The van der Waals surface area contributed by atoms with Crippen LogP contribution in [0.4, 0.5) is 0 Å². The molecule has 15 heavy (non-hydrogen) atoms. The zero-order chi connectivity index (χ0) is 11.6. The number of phenolic OH excluding ortho intramolecular Hbond substituents is 1. The molecule has 3 heteroatoms. The number of hydrogen-bond donors (Lipinski definition) is 2. The fourth-order valence-corrected chi connectivity index (χ4v) is 1.59. The van der Waals surface area contributed by atoms with Gasteiger partial charge in [0.05, 0.1) is 12.1 Å². The average Bonchev–Trinajstić information content (AvgIpc) is 2.20. The number of phenols is 1. The molecule has 0 atom stereocenters. The standard InChI is InChI=1S/C12H17NO2/c1-7(2)9-5-4-8(3)12(15)11(9)10(14)6-13/h4-5,7,15H,6,13H2,1-3H3. The summed E-state index contributed by atoms with van der Waals surface area (Å²) in [5.74, 6) is 0.0542. The van der Waals surface area contributed by atoms with Gasteiger partial charge in [-0.2, -0.15) is 0 Å². The van der Waals surface area contributed by atoms with E-state index in [1.165, 1.54) is 0 Å². The molecule has 0 aliphatic carbocycles. The van der Waals surface area contributed by atoms with Gasteiger partial charge in [0.1, 0.15) is 5.75 Å². The first-order chi connectivity index (χ1) is 6.99. The molecule has 1 aromatic rings. The third-order valence-electron chi connectivity index (χ3n) is 2.50. The van der Waals surface area contributed by atoms with Crippen LogP contribution >= 0.6 is 0 Å². The lowest BCUT2D eigenvalue weighted by Gasteiger charge is -2.14. The summed E-state index contributed by atoms with van der Waals surface area (Å²) in [7, 11) is 0. The Kier molecular flexibility index (Phi) is 3.48. The number of aromatic hydroxyl groups is 1. The number of carbonyl (C=O) groups is 1. The Morgan fingerprint density at radius 2 is 2.07 bits per heavy atom. The fourth-order valence-electron chi connectivity index (χ4n) is 1.59. The Balaban J connectivity index is 3.41. The summed E-state index contributed by atoms with van der Waals surface area (Å²) in [5, 5.41) is 9.85. The van der Waals surface area contributed by atoms with Crippen LogP contribution in [0.25, 0.3) is 0 Å².